The maximum absolute atomic E-state index is 12.5. The maximum atomic E-state index is 12.5. The normalized spacial score (nSPS) is 26.4. The average molecular weight is 238 g/mol. The molecule has 0 saturated carbocycles. The van der Waals surface area contributed by atoms with E-state index in [0.29, 0.717) is 5.92 Å². The number of hydrogen-bond donors (Lipinski definition) is 1. The molecule has 2 unspecified atom stereocenters. The SMILES string of the molecule is CC1CCCN(CC(CN)C(F)(F)F)CC1. The minimum absolute atomic E-state index is 0.0622. The van der Waals surface area contributed by atoms with Crippen molar-refractivity contribution in [2.45, 2.75) is 32.4 Å². The van der Waals surface area contributed by atoms with Crippen LogP contribution in [0.1, 0.15) is 26.2 Å². The van der Waals surface area contributed by atoms with Gasteiger partial charge < -0.3 is 10.6 Å². The lowest BCUT2D eigenvalue weighted by Gasteiger charge is -2.26. The Morgan fingerprint density at radius 2 is 2.00 bits per heavy atom. The number of halogens is 3. The van der Waals surface area contributed by atoms with Crippen molar-refractivity contribution in [3.8, 4) is 0 Å². The average Bonchev–Trinajstić information content (AvgIpc) is 2.38. The lowest BCUT2D eigenvalue weighted by molar-refractivity contribution is -0.176. The zero-order chi connectivity index (χ0) is 12.2. The maximum Gasteiger partial charge on any atom is 0.394 e. The van der Waals surface area contributed by atoms with Gasteiger partial charge in [0.25, 0.3) is 0 Å². The molecular formula is C11H21F3N2. The van der Waals surface area contributed by atoms with Crippen LogP contribution in [0.5, 0.6) is 0 Å². The van der Waals surface area contributed by atoms with Crippen LogP contribution in [0.4, 0.5) is 13.2 Å². The Morgan fingerprint density at radius 1 is 1.31 bits per heavy atom. The van der Waals surface area contributed by atoms with Gasteiger partial charge in [0.1, 0.15) is 0 Å². The van der Waals surface area contributed by atoms with E-state index in [1.54, 1.807) is 0 Å². The van der Waals surface area contributed by atoms with Crippen LogP contribution in [0.25, 0.3) is 0 Å². The third-order valence-corrected chi connectivity index (χ3v) is 3.34. The summed E-state index contributed by atoms with van der Waals surface area (Å²) in [5.74, 6) is -0.742. The Morgan fingerprint density at radius 3 is 2.56 bits per heavy atom. The number of nitrogens with zero attached hydrogens (tertiary/aromatic N) is 1. The van der Waals surface area contributed by atoms with Crippen molar-refractivity contribution in [3.05, 3.63) is 0 Å². The summed E-state index contributed by atoms with van der Waals surface area (Å²) in [6, 6.07) is 0. The Balaban J connectivity index is 2.45. The number of alkyl halides is 3. The van der Waals surface area contributed by atoms with Crippen LogP contribution in [0.2, 0.25) is 0 Å². The zero-order valence-corrected chi connectivity index (χ0v) is 9.76. The summed E-state index contributed by atoms with van der Waals surface area (Å²) in [6.45, 7) is 3.46. The van der Waals surface area contributed by atoms with Crippen LogP contribution >= 0.6 is 0 Å². The monoisotopic (exact) mass is 238 g/mol. The first-order chi connectivity index (χ1) is 7.43. The lowest BCUT2D eigenvalue weighted by atomic mass is 10.0. The molecule has 1 heterocycles. The molecule has 0 aromatic rings. The Kier molecular flexibility index (Phi) is 5.05. The van der Waals surface area contributed by atoms with E-state index in [0.717, 1.165) is 32.4 Å². The first-order valence-electron chi connectivity index (χ1n) is 5.92. The van der Waals surface area contributed by atoms with E-state index in [-0.39, 0.29) is 13.1 Å². The van der Waals surface area contributed by atoms with Crippen LogP contribution in [0.15, 0.2) is 0 Å². The number of nitrogens with two attached hydrogens (primary N) is 1. The van der Waals surface area contributed by atoms with Crippen molar-refractivity contribution in [1.29, 1.82) is 0 Å². The number of likely N-dealkylation sites (tertiary alicyclic amines) is 1. The molecule has 1 aliphatic heterocycles. The highest BCUT2D eigenvalue weighted by Gasteiger charge is 2.39. The molecule has 0 aromatic carbocycles. The van der Waals surface area contributed by atoms with Crippen LogP contribution in [-0.4, -0.2) is 37.3 Å². The fourth-order valence-electron chi connectivity index (χ4n) is 2.13. The molecular weight excluding hydrogens is 217 g/mol. The highest BCUT2D eigenvalue weighted by atomic mass is 19.4. The van der Waals surface area contributed by atoms with Gasteiger partial charge >= 0.3 is 6.18 Å². The largest absolute Gasteiger partial charge is 0.394 e. The molecule has 96 valence electrons. The van der Waals surface area contributed by atoms with E-state index in [4.69, 9.17) is 5.73 Å². The van der Waals surface area contributed by atoms with Crippen molar-refractivity contribution in [2.75, 3.05) is 26.2 Å². The molecule has 0 bridgehead atoms. The van der Waals surface area contributed by atoms with Crippen molar-refractivity contribution in [3.63, 3.8) is 0 Å². The Labute approximate surface area is 95.0 Å². The van der Waals surface area contributed by atoms with Crippen LogP contribution in [0, 0.1) is 11.8 Å². The molecule has 5 heteroatoms. The Bertz CT molecular complexity index is 206. The van der Waals surface area contributed by atoms with E-state index in [9.17, 15) is 13.2 Å². The van der Waals surface area contributed by atoms with Crippen LogP contribution < -0.4 is 5.73 Å². The summed E-state index contributed by atoms with van der Waals surface area (Å²) in [6.07, 6.45) is -1.05. The van der Waals surface area contributed by atoms with Gasteiger partial charge in [-0.05, 0) is 38.3 Å². The third-order valence-electron chi connectivity index (χ3n) is 3.34. The Hall–Kier alpha value is -0.290. The smallest absolute Gasteiger partial charge is 0.330 e. The molecule has 0 amide bonds. The predicted octanol–water partition coefficient (Wildman–Crippen LogP) is 2.25. The van der Waals surface area contributed by atoms with E-state index in [2.05, 4.69) is 6.92 Å². The molecule has 1 aliphatic rings. The highest BCUT2D eigenvalue weighted by Crippen LogP contribution is 2.27. The lowest BCUT2D eigenvalue weighted by Crippen LogP contribution is -2.41. The molecule has 0 aromatic heterocycles. The van der Waals surface area contributed by atoms with Gasteiger partial charge in [0.2, 0.25) is 0 Å². The van der Waals surface area contributed by atoms with Gasteiger partial charge in [-0.1, -0.05) is 6.92 Å². The van der Waals surface area contributed by atoms with Gasteiger partial charge in [-0.25, -0.2) is 0 Å². The fourth-order valence-corrected chi connectivity index (χ4v) is 2.13. The van der Waals surface area contributed by atoms with E-state index in [1.165, 1.54) is 0 Å². The molecule has 0 aliphatic carbocycles. The minimum Gasteiger partial charge on any atom is -0.330 e. The summed E-state index contributed by atoms with van der Waals surface area (Å²) in [5, 5.41) is 0. The van der Waals surface area contributed by atoms with Crippen molar-refractivity contribution in [2.24, 2.45) is 17.6 Å². The van der Waals surface area contributed by atoms with Gasteiger partial charge in [0, 0.05) is 13.1 Å². The molecule has 1 fully saturated rings. The summed E-state index contributed by atoms with van der Waals surface area (Å²) in [5.41, 5.74) is 5.20. The van der Waals surface area contributed by atoms with Crippen LogP contribution in [-0.2, 0) is 0 Å². The molecule has 2 nitrogen and oxygen atoms in total. The minimum atomic E-state index is -4.16. The first kappa shape index (κ1) is 13.8. The number of hydrogen-bond acceptors (Lipinski definition) is 2. The molecule has 2 atom stereocenters. The molecule has 16 heavy (non-hydrogen) atoms. The molecule has 2 N–H and O–H groups in total. The second-order valence-electron chi connectivity index (χ2n) is 4.81. The van der Waals surface area contributed by atoms with E-state index >= 15 is 0 Å². The first-order valence-corrected chi connectivity index (χ1v) is 5.92. The zero-order valence-electron chi connectivity index (χ0n) is 9.76. The topological polar surface area (TPSA) is 29.3 Å². The molecule has 1 rings (SSSR count). The summed E-state index contributed by atoms with van der Waals surface area (Å²) < 4.78 is 37.6. The van der Waals surface area contributed by atoms with Crippen molar-refractivity contribution in [1.82, 2.24) is 4.90 Å². The van der Waals surface area contributed by atoms with Gasteiger partial charge in [-0.3, -0.25) is 0 Å². The quantitative estimate of drug-likeness (QED) is 0.817. The van der Waals surface area contributed by atoms with E-state index in [1.807, 2.05) is 4.90 Å². The fraction of sp³-hybridized carbons (Fsp3) is 1.00. The highest BCUT2D eigenvalue weighted by molar-refractivity contribution is 4.75. The third kappa shape index (κ3) is 4.29. The number of rotatable bonds is 3. The van der Waals surface area contributed by atoms with Gasteiger partial charge in [0.05, 0.1) is 5.92 Å². The summed E-state index contributed by atoms with van der Waals surface area (Å²) in [7, 11) is 0. The second kappa shape index (κ2) is 5.87. The summed E-state index contributed by atoms with van der Waals surface area (Å²) in [4.78, 5) is 1.91. The van der Waals surface area contributed by atoms with E-state index < -0.39 is 12.1 Å². The van der Waals surface area contributed by atoms with Gasteiger partial charge in [0.15, 0.2) is 0 Å². The summed E-state index contributed by atoms with van der Waals surface area (Å²) >= 11 is 0. The molecule has 0 radical (unpaired) electrons. The van der Waals surface area contributed by atoms with Crippen molar-refractivity contribution >= 4 is 0 Å². The van der Waals surface area contributed by atoms with Crippen molar-refractivity contribution < 1.29 is 13.2 Å². The molecule has 1 saturated heterocycles. The second-order valence-corrected chi connectivity index (χ2v) is 4.81. The van der Waals surface area contributed by atoms with Gasteiger partial charge in [-0.2, -0.15) is 13.2 Å². The standard InChI is InChI=1S/C11H21F3N2/c1-9-3-2-5-16(6-4-9)8-10(7-15)11(12,13)14/h9-10H,2-8,15H2,1H3. The molecule has 0 spiro atoms. The predicted molar refractivity (Wildman–Crippen MR) is 58.1 cm³/mol. The van der Waals surface area contributed by atoms with Crippen LogP contribution in [0.3, 0.4) is 0 Å². The van der Waals surface area contributed by atoms with Gasteiger partial charge in [-0.15, -0.1) is 0 Å².